The lowest BCUT2D eigenvalue weighted by Gasteiger charge is -2.12. The van der Waals surface area contributed by atoms with Crippen LogP contribution in [0, 0.1) is 5.82 Å². The summed E-state index contributed by atoms with van der Waals surface area (Å²) in [5, 5.41) is 12.3. The number of phenols is 1. The van der Waals surface area contributed by atoms with Gasteiger partial charge in [0.2, 0.25) is 0 Å². The molecule has 106 valence electrons. The maximum atomic E-state index is 13.2. The van der Waals surface area contributed by atoms with Gasteiger partial charge in [0.15, 0.2) is 11.6 Å². The van der Waals surface area contributed by atoms with E-state index in [9.17, 15) is 4.39 Å². The van der Waals surface area contributed by atoms with Gasteiger partial charge in [-0.25, -0.2) is 4.39 Å². The van der Waals surface area contributed by atoms with Crippen LogP contribution in [0.1, 0.15) is 5.56 Å². The van der Waals surface area contributed by atoms with Crippen molar-refractivity contribution in [2.24, 2.45) is 0 Å². The van der Waals surface area contributed by atoms with Gasteiger partial charge in [-0.05, 0) is 55.6 Å². The quantitative estimate of drug-likeness (QED) is 0.777. The molecule has 0 heterocycles. The number of aromatic hydroxyl groups is 1. The van der Waals surface area contributed by atoms with Crippen LogP contribution >= 0.6 is 31.9 Å². The third kappa shape index (κ3) is 3.43. The van der Waals surface area contributed by atoms with Gasteiger partial charge in [-0.3, -0.25) is 0 Å². The molecule has 0 fully saturated rings. The molecule has 2 aromatic carbocycles. The zero-order valence-electron chi connectivity index (χ0n) is 10.6. The molecule has 0 aromatic heterocycles. The average Bonchev–Trinajstić information content (AvgIpc) is 2.41. The number of methoxy groups -OCH3 is 1. The standard InChI is InChI=1S/C14H12Br2FNO2/c1-20-14-6-12(9(15)5-10(14)16)18-7-8-2-3-13(19)11(17)4-8/h2-6,18-19H,7H2,1H3. The predicted molar refractivity (Wildman–Crippen MR) is 83.8 cm³/mol. The second-order valence-electron chi connectivity index (χ2n) is 4.11. The highest BCUT2D eigenvalue weighted by Crippen LogP contribution is 2.34. The minimum Gasteiger partial charge on any atom is -0.505 e. The highest BCUT2D eigenvalue weighted by molar-refractivity contribution is 9.11. The number of rotatable bonds is 4. The van der Waals surface area contributed by atoms with Crippen LogP contribution in [-0.2, 0) is 6.54 Å². The molecule has 0 aliphatic carbocycles. The van der Waals surface area contributed by atoms with E-state index in [-0.39, 0.29) is 5.75 Å². The SMILES string of the molecule is COc1cc(NCc2ccc(O)c(F)c2)c(Br)cc1Br. The van der Waals surface area contributed by atoms with E-state index in [2.05, 4.69) is 37.2 Å². The Morgan fingerprint density at radius 2 is 1.95 bits per heavy atom. The van der Waals surface area contributed by atoms with Gasteiger partial charge in [0.1, 0.15) is 5.75 Å². The van der Waals surface area contributed by atoms with Gasteiger partial charge in [-0.1, -0.05) is 6.07 Å². The number of nitrogens with one attached hydrogen (secondary N) is 1. The topological polar surface area (TPSA) is 41.5 Å². The number of halogens is 3. The largest absolute Gasteiger partial charge is 0.505 e. The van der Waals surface area contributed by atoms with Crippen LogP contribution in [0.15, 0.2) is 39.3 Å². The van der Waals surface area contributed by atoms with E-state index >= 15 is 0 Å². The van der Waals surface area contributed by atoms with Crippen LogP contribution in [0.2, 0.25) is 0 Å². The summed E-state index contributed by atoms with van der Waals surface area (Å²) in [7, 11) is 1.59. The number of ether oxygens (including phenoxy) is 1. The van der Waals surface area contributed by atoms with E-state index in [0.29, 0.717) is 12.3 Å². The molecule has 2 aromatic rings. The summed E-state index contributed by atoms with van der Waals surface area (Å²) in [6.07, 6.45) is 0. The highest BCUT2D eigenvalue weighted by Gasteiger charge is 2.08. The van der Waals surface area contributed by atoms with Crippen LogP contribution < -0.4 is 10.1 Å². The summed E-state index contributed by atoms with van der Waals surface area (Å²) in [5.74, 6) is -0.274. The molecule has 0 aliphatic heterocycles. The van der Waals surface area contributed by atoms with E-state index < -0.39 is 5.82 Å². The molecule has 0 radical (unpaired) electrons. The molecule has 0 atom stereocenters. The van der Waals surface area contributed by atoms with Crippen molar-refractivity contribution in [3.05, 3.63) is 50.7 Å². The minimum atomic E-state index is -0.628. The Bertz CT molecular complexity index is 635. The molecular formula is C14H12Br2FNO2. The lowest BCUT2D eigenvalue weighted by atomic mass is 10.2. The summed E-state index contributed by atoms with van der Waals surface area (Å²) in [5.41, 5.74) is 1.56. The number of phenolic OH excluding ortho intramolecular Hbond substituents is 1. The smallest absolute Gasteiger partial charge is 0.165 e. The van der Waals surface area contributed by atoms with E-state index in [4.69, 9.17) is 9.84 Å². The van der Waals surface area contributed by atoms with Crippen molar-refractivity contribution >= 4 is 37.5 Å². The van der Waals surface area contributed by atoms with Crippen molar-refractivity contribution in [2.45, 2.75) is 6.54 Å². The molecule has 0 bridgehead atoms. The molecule has 0 aliphatic rings. The Morgan fingerprint density at radius 1 is 1.20 bits per heavy atom. The Hall–Kier alpha value is -1.27. The van der Waals surface area contributed by atoms with Crippen LogP contribution in [0.25, 0.3) is 0 Å². The maximum Gasteiger partial charge on any atom is 0.165 e. The third-order valence-corrected chi connectivity index (χ3v) is 4.01. The van der Waals surface area contributed by atoms with Crippen LogP contribution in [-0.4, -0.2) is 12.2 Å². The summed E-state index contributed by atoms with van der Waals surface area (Å²) in [6.45, 7) is 0.431. The summed E-state index contributed by atoms with van der Waals surface area (Å²) >= 11 is 6.84. The zero-order valence-corrected chi connectivity index (χ0v) is 13.8. The first-order valence-electron chi connectivity index (χ1n) is 5.75. The number of benzene rings is 2. The monoisotopic (exact) mass is 403 g/mol. The summed E-state index contributed by atoms with van der Waals surface area (Å²) < 4.78 is 20.2. The number of hydrogen-bond donors (Lipinski definition) is 2. The second kappa shape index (κ2) is 6.45. The van der Waals surface area contributed by atoms with E-state index in [1.54, 1.807) is 13.2 Å². The van der Waals surface area contributed by atoms with Crippen molar-refractivity contribution in [1.82, 2.24) is 0 Å². The van der Waals surface area contributed by atoms with E-state index in [0.717, 1.165) is 20.2 Å². The molecule has 0 saturated heterocycles. The molecule has 0 amide bonds. The summed E-state index contributed by atoms with van der Waals surface area (Å²) in [6, 6.07) is 8.01. The van der Waals surface area contributed by atoms with Gasteiger partial charge in [-0.15, -0.1) is 0 Å². The van der Waals surface area contributed by atoms with Crippen LogP contribution in [0.3, 0.4) is 0 Å². The number of hydrogen-bond acceptors (Lipinski definition) is 3. The molecule has 0 unspecified atom stereocenters. The van der Waals surface area contributed by atoms with Crippen molar-refractivity contribution in [3.63, 3.8) is 0 Å². The normalized spacial score (nSPS) is 10.4. The maximum absolute atomic E-state index is 13.2. The first kappa shape index (κ1) is 15.1. The Morgan fingerprint density at radius 3 is 2.60 bits per heavy atom. The van der Waals surface area contributed by atoms with Crippen molar-refractivity contribution in [2.75, 3.05) is 12.4 Å². The van der Waals surface area contributed by atoms with Crippen molar-refractivity contribution in [1.29, 1.82) is 0 Å². The first-order valence-corrected chi connectivity index (χ1v) is 7.34. The highest BCUT2D eigenvalue weighted by atomic mass is 79.9. The van der Waals surface area contributed by atoms with Gasteiger partial charge in [0.25, 0.3) is 0 Å². The Labute approximate surface area is 133 Å². The Balaban J connectivity index is 2.16. The lowest BCUT2D eigenvalue weighted by molar-refractivity contribution is 0.412. The van der Waals surface area contributed by atoms with Gasteiger partial charge in [0, 0.05) is 17.1 Å². The van der Waals surface area contributed by atoms with Gasteiger partial charge in [-0.2, -0.15) is 0 Å². The molecule has 2 rings (SSSR count). The summed E-state index contributed by atoms with van der Waals surface area (Å²) in [4.78, 5) is 0. The lowest BCUT2D eigenvalue weighted by Crippen LogP contribution is -2.01. The third-order valence-electron chi connectivity index (χ3n) is 2.74. The van der Waals surface area contributed by atoms with Crippen LogP contribution in [0.4, 0.5) is 10.1 Å². The van der Waals surface area contributed by atoms with E-state index in [1.165, 1.54) is 12.1 Å². The van der Waals surface area contributed by atoms with Gasteiger partial charge < -0.3 is 15.2 Å². The van der Waals surface area contributed by atoms with Crippen molar-refractivity contribution < 1.29 is 14.2 Å². The molecule has 3 nitrogen and oxygen atoms in total. The Kier molecular flexibility index (Phi) is 4.88. The molecular weight excluding hydrogens is 393 g/mol. The van der Waals surface area contributed by atoms with E-state index in [1.807, 2.05) is 12.1 Å². The number of anilines is 1. The second-order valence-corrected chi connectivity index (χ2v) is 5.81. The fourth-order valence-electron chi connectivity index (χ4n) is 1.68. The fraction of sp³-hybridized carbons (Fsp3) is 0.143. The van der Waals surface area contributed by atoms with Gasteiger partial charge in [0.05, 0.1) is 17.3 Å². The molecule has 6 heteroatoms. The zero-order chi connectivity index (χ0) is 14.7. The molecule has 0 spiro atoms. The molecule has 20 heavy (non-hydrogen) atoms. The molecule has 0 saturated carbocycles. The molecule has 2 N–H and O–H groups in total. The van der Waals surface area contributed by atoms with Gasteiger partial charge >= 0.3 is 0 Å². The fourth-order valence-corrected chi connectivity index (χ4v) is 2.97. The minimum absolute atomic E-state index is 0.347. The first-order chi connectivity index (χ1) is 9.51. The predicted octanol–water partition coefficient (Wildman–Crippen LogP) is 4.68. The average molecular weight is 405 g/mol. The van der Waals surface area contributed by atoms with Crippen molar-refractivity contribution in [3.8, 4) is 11.5 Å². The van der Waals surface area contributed by atoms with Crippen LogP contribution in [0.5, 0.6) is 11.5 Å².